The van der Waals surface area contributed by atoms with E-state index in [4.69, 9.17) is 5.11 Å². The van der Waals surface area contributed by atoms with Crippen LogP contribution < -0.4 is 4.90 Å². The molecule has 0 aliphatic carbocycles. The van der Waals surface area contributed by atoms with Crippen molar-refractivity contribution in [2.45, 2.75) is 13.3 Å². The SMILES string of the molecule is COC(=O)c1cc(N2CC(C(=O)O)CC2=O)c(C)cc1F. The van der Waals surface area contributed by atoms with Crippen LogP contribution in [0.3, 0.4) is 0 Å². The molecule has 0 aromatic heterocycles. The first-order chi connectivity index (χ1) is 9.85. The largest absolute Gasteiger partial charge is 0.481 e. The van der Waals surface area contributed by atoms with E-state index < -0.39 is 23.7 Å². The molecule has 2 rings (SSSR count). The summed E-state index contributed by atoms with van der Waals surface area (Å²) in [5, 5.41) is 8.98. The number of nitrogens with zero attached hydrogens (tertiary/aromatic N) is 1. The van der Waals surface area contributed by atoms with Crippen LogP contribution >= 0.6 is 0 Å². The van der Waals surface area contributed by atoms with Crippen LogP contribution in [-0.4, -0.2) is 36.6 Å². The Morgan fingerprint density at radius 3 is 2.62 bits per heavy atom. The lowest BCUT2D eigenvalue weighted by Gasteiger charge is -2.19. The first-order valence-electron chi connectivity index (χ1n) is 6.26. The molecule has 1 amide bonds. The minimum absolute atomic E-state index is 0.00124. The number of aryl methyl sites for hydroxylation is 1. The van der Waals surface area contributed by atoms with Gasteiger partial charge in [0.05, 0.1) is 18.6 Å². The number of ether oxygens (including phenoxy) is 1. The third-order valence-corrected chi connectivity index (χ3v) is 3.46. The van der Waals surface area contributed by atoms with Gasteiger partial charge in [-0.2, -0.15) is 0 Å². The van der Waals surface area contributed by atoms with Crippen molar-refractivity contribution in [2.24, 2.45) is 5.92 Å². The molecule has 1 heterocycles. The molecule has 0 bridgehead atoms. The molecule has 1 fully saturated rings. The average Bonchev–Trinajstić information content (AvgIpc) is 2.80. The van der Waals surface area contributed by atoms with Gasteiger partial charge in [-0.15, -0.1) is 0 Å². The summed E-state index contributed by atoms with van der Waals surface area (Å²) in [4.78, 5) is 35.7. The highest BCUT2D eigenvalue weighted by Gasteiger charge is 2.36. The number of hydrogen-bond donors (Lipinski definition) is 1. The van der Waals surface area contributed by atoms with E-state index in [1.54, 1.807) is 6.92 Å². The molecule has 21 heavy (non-hydrogen) atoms. The molecule has 1 aromatic rings. The Bertz CT molecular complexity index is 628. The van der Waals surface area contributed by atoms with Crippen molar-refractivity contribution >= 4 is 23.5 Å². The number of halogens is 1. The zero-order chi connectivity index (χ0) is 15.7. The third-order valence-electron chi connectivity index (χ3n) is 3.46. The first kappa shape index (κ1) is 15.0. The molecule has 1 aliphatic heterocycles. The zero-order valence-corrected chi connectivity index (χ0v) is 11.6. The maximum Gasteiger partial charge on any atom is 0.340 e. The standard InChI is InChI=1S/C14H14FNO5/c1-7-3-10(15)9(14(20)21-2)5-11(7)16-6-8(13(18)19)4-12(16)17/h3,5,8H,4,6H2,1-2H3,(H,18,19). The van der Waals surface area contributed by atoms with E-state index in [0.717, 1.165) is 13.2 Å². The van der Waals surface area contributed by atoms with Gasteiger partial charge in [0, 0.05) is 18.7 Å². The molecule has 0 radical (unpaired) electrons. The summed E-state index contributed by atoms with van der Waals surface area (Å²) in [7, 11) is 1.13. The molecule has 1 unspecified atom stereocenters. The molecule has 1 aliphatic rings. The Morgan fingerprint density at radius 2 is 2.10 bits per heavy atom. The molecule has 1 N–H and O–H groups in total. The second kappa shape index (κ2) is 5.51. The van der Waals surface area contributed by atoms with Gasteiger partial charge in [-0.1, -0.05) is 0 Å². The Morgan fingerprint density at radius 1 is 1.43 bits per heavy atom. The highest BCUT2D eigenvalue weighted by molar-refractivity contribution is 6.01. The molecule has 0 saturated carbocycles. The van der Waals surface area contributed by atoms with Crippen molar-refractivity contribution in [1.29, 1.82) is 0 Å². The topological polar surface area (TPSA) is 83.9 Å². The van der Waals surface area contributed by atoms with Crippen molar-refractivity contribution < 1.29 is 28.6 Å². The van der Waals surface area contributed by atoms with Crippen LogP contribution in [0.25, 0.3) is 0 Å². The number of hydrogen-bond acceptors (Lipinski definition) is 4. The zero-order valence-electron chi connectivity index (χ0n) is 11.6. The minimum Gasteiger partial charge on any atom is -0.481 e. The van der Waals surface area contributed by atoms with Crippen LogP contribution in [-0.2, 0) is 14.3 Å². The quantitative estimate of drug-likeness (QED) is 0.851. The number of anilines is 1. The van der Waals surface area contributed by atoms with Gasteiger partial charge in [0.2, 0.25) is 5.91 Å². The minimum atomic E-state index is -1.06. The summed E-state index contributed by atoms with van der Waals surface area (Å²) in [6.45, 7) is 1.59. The fourth-order valence-electron chi connectivity index (χ4n) is 2.32. The Kier molecular flexibility index (Phi) is 3.93. The van der Waals surface area contributed by atoms with Crippen molar-refractivity contribution in [3.05, 3.63) is 29.1 Å². The number of carboxylic acids is 1. The molecule has 0 spiro atoms. The van der Waals surface area contributed by atoms with Crippen LogP contribution in [0.2, 0.25) is 0 Å². The van der Waals surface area contributed by atoms with Gasteiger partial charge in [0.15, 0.2) is 0 Å². The second-order valence-electron chi connectivity index (χ2n) is 4.85. The Labute approximate surface area is 120 Å². The summed E-state index contributed by atoms with van der Waals surface area (Å²) >= 11 is 0. The van der Waals surface area contributed by atoms with Crippen LogP contribution in [0.5, 0.6) is 0 Å². The van der Waals surface area contributed by atoms with E-state index in [0.29, 0.717) is 11.3 Å². The van der Waals surface area contributed by atoms with Gasteiger partial charge >= 0.3 is 11.9 Å². The smallest absolute Gasteiger partial charge is 0.340 e. The third kappa shape index (κ3) is 2.72. The van der Waals surface area contributed by atoms with E-state index in [1.807, 2.05) is 0 Å². The number of carbonyl (C=O) groups excluding carboxylic acids is 2. The summed E-state index contributed by atoms with van der Waals surface area (Å²) in [5.41, 5.74) is 0.481. The number of carbonyl (C=O) groups is 3. The molecule has 1 saturated heterocycles. The highest BCUT2D eigenvalue weighted by atomic mass is 19.1. The van der Waals surface area contributed by atoms with E-state index in [9.17, 15) is 18.8 Å². The lowest BCUT2D eigenvalue weighted by Crippen LogP contribution is -2.27. The molecule has 7 heteroatoms. The van der Waals surface area contributed by atoms with Gasteiger partial charge in [-0.05, 0) is 24.6 Å². The average molecular weight is 295 g/mol. The summed E-state index contributed by atoms with van der Waals surface area (Å²) in [6.07, 6.45) is -0.111. The van der Waals surface area contributed by atoms with Gasteiger partial charge < -0.3 is 14.7 Å². The number of amides is 1. The monoisotopic (exact) mass is 295 g/mol. The van der Waals surface area contributed by atoms with Gasteiger partial charge in [-0.25, -0.2) is 9.18 Å². The van der Waals surface area contributed by atoms with Crippen molar-refractivity contribution in [3.8, 4) is 0 Å². The number of methoxy groups -OCH3 is 1. The lowest BCUT2D eigenvalue weighted by atomic mass is 10.1. The van der Waals surface area contributed by atoms with Crippen molar-refractivity contribution in [1.82, 2.24) is 0 Å². The second-order valence-corrected chi connectivity index (χ2v) is 4.85. The molecule has 6 nitrogen and oxygen atoms in total. The normalized spacial score (nSPS) is 18.0. The maximum atomic E-state index is 13.8. The first-order valence-corrected chi connectivity index (χ1v) is 6.26. The summed E-state index contributed by atoms with van der Waals surface area (Å²) in [6, 6.07) is 2.35. The lowest BCUT2D eigenvalue weighted by molar-refractivity contribution is -0.141. The van der Waals surface area contributed by atoms with Gasteiger partial charge in [-0.3, -0.25) is 9.59 Å². The van der Waals surface area contributed by atoms with E-state index in [2.05, 4.69) is 4.74 Å². The summed E-state index contributed by atoms with van der Waals surface area (Å²) in [5.74, 6) is -3.82. The van der Waals surface area contributed by atoms with E-state index in [-0.39, 0.29) is 24.4 Å². The number of rotatable bonds is 3. The molecular formula is C14H14FNO5. The predicted molar refractivity (Wildman–Crippen MR) is 70.6 cm³/mol. The van der Waals surface area contributed by atoms with E-state index in [1.165, 1.54) is 11.0 Å². The van der Waals surface area contributed by atoms with Crippen molar-refractivity contribution in [3.63, 3.8) is 0 Å². The highest BCUT2D eigenvalue weighted by Crippen LogP contribution is 2.30. The maximum absolute atomic E-state index is 13.8. The molecule has 112 valence electrons. The molecule has 1 aromatic carbocycles. The van der Waals surface area contributed by atoms with Crippen LogP contribution in [0.4, 0.5) is 10.1 Å². The fourth-order valence-corrected chi connectivity index (χ4v) is 2.32. The van der Waals surface area contributed by atoms with Crippen LogP contribution in [0, 0.1) is 18.7 Å². The molecular weight excluding hydrogens is 281 g/mol. The summed E-state index contributed by atoms with van der Waals surface area (Å²) < 4.78 is 18.2. The number of esters is 1. The number of carboxylic acid groups (broad SMARTS) is 1. The fraction of sp³-hybridized carbons (Fsp3) is 0.357. The number of benzene rings is 1. The number of aliphatic carboxylic acids is 1. The van der Waals surface area contributed by atoms with Crippen molar-refractivity contribution in [2.75, 3.05) is 18.6 Å². The van der Waals surface area contributed by atoms with Crippen LogP contribution in [0.1, 0.15) is 22.3 Å². The van der Waals surface area contributed by atoms with Crippen LogP contribution in [0.15, 0.2) is 12.1 Å². The Hall–Kier alpha value is -2.44. The predicted octanol–water partition coefficient (Wildman–Crippen LogP) is 1.36. The van der Waals surface area contributed by atoms with Gasteiger partial charge in [0.25, 0.3) is 0 Å². The van der Waals surface area contributed by atoms with E-state index >= 15 is 0 Å². The molecule has 1 atom stereocenters. The Balaban J connectivity index is 2.42. The van der Waals surface area contributed by atoms with Gasteiger partial charge in [0.1, 0.15) is 5.82 Å².